The molecule has 1 N–H and O–H groups in total. The van der Waals surface area contributed by atoms with Crippen molar-refractivity contribution in [1.82, 2.24) is 5.32 Å². The zero-order valence-electron chi connectivity index (χ0n) is 10.1. The summed E-state index contributed by atoms with van der Waals surface area (Å²) in [5.41, 5.74) is 0.663. The third kappa shape index (κ3) is 3.66. The van der Waals surface area contributed by atoms with Crippen molar-refractivity contribution in [2.75, 3.05) is 13.7 Å². The fraction of sp³-hybridized carbons (Fsp3) is 0.462. The van der Waals surface area contributed by atoms with Crippen LogP contribution in [0.25, 0.3) is 0 Å². The first-order valence-corrected chi connectivity index (χ1v) is 5.54. The molecular weight excluding hydrogens is 202 g/mol. The Labute approximate surface area is 96.8 Å². The number of Topliss-reactive ketones (excluding diaryl/α,β-unsaturated/α-hetero) is 1. The van der Waals surface area contributed by atoms with Gasteiger partial charge in [0.05, 0.1) is 12.7 Å². The van der Waals surface area contributed by atoms with Crippen molar-refractivity contribution >= 4 is 5.78 Å². The Morgan fingerprint density at radius 1 is 1.38 bits per heavy atom. The molecule has 0 amide bonds. The van der Waals surface area contributed by atoms with E-state index in [1.165, 1.54) is 0 Å². The number of ketones is 1. The van der Waals surface area contributed by atoms with Gasteiger partial charge in [0, 0.05) is 19.0 Å². The summed E-state index contributed by atoms with van der Waals surface area (Å²) in [4.78, 5) is 11.9. The van der Waals surface area contributed by atoms with E-state index in [2.05, 4.69) is 19.2 Å². The van der Waals surface area contributed by atoms with E-state index in [4.69, 9.17) is 4.74 Å². The molecule has 0 aliphatic carbocycles. The SMILES string of the molecule is COc1ccccc1C(=O)CCNC(C)C. The number of hydrogen-bond acceptors (Lipinski definition) is 3. The van der Waals surface area contributed by atoms with E-state index in [-0.39, 0.29) is 5.78 Å². The van der Waals surface area contributed by atoms with Gasteiger partial charge < -0.3 is 10.1 Å². The highest BCUT2D eigenvalue weighted by atomic mass is 16.5. The Kier molecular flexibility index (Phi) is 4.99. The highest BCUT2D eigenvalue weighted by Crippen LogP contribution is 2.18. The Hall–Kier alpha value is -1.35. The highest BCUT2D eigenvalue weighted by Gasteiger charge is 2.10. The molecule has 0 aliphatic rings. The summed E-state index contributed by atoms with van der Waals surface area (Å²) >= 11 is 0. The molecule has 0 saturated heterocycles. The molecular formula is C13H19NO2. The molecule has 0 unspecified atom stereocenters. The first-order valence-electron chi connectivity index (χ1n) is 5.54. The predicted octanol–water partition coefficient (Wildman–Crippen LogP) is 2.27. The quantitative estimate of drug-likeness (QED) is 0.749. The van der Waals surface area contributed by atoms with E-state index in [1.54, 1.807) is 13.2 Å². The zero-order chi connectivity index (χ0) is 12.0. The monoisotopic (exact) mass is 221 g/mol. The van der Waals surface area contributed by atoms with Gasteiger partial charge in [0.15, 0.2) is 5.78 Å². The number of hydrogen-bond donors (Lipinski definition) is 1. The summed E-state index contributed by atoms with van der Waals surface area (Å²) in [5, 5.41) is 3.22. The highest BCUT2D eigenvalue weighted by molar-refractivity contribution is 5.98. The largest absolute Gasteiger partial charge is 0.496 e. The molecule has 0 fully saturated rings. The Bertz CT molecular complexity index is 348. The van der Waals surface area contributed by atoms with Crippen molar-refractivity contribution < 1.29 is 9.53 Å². The molecule has 0 heterocycles. The lowest BCUT2D eigenvalue weighted by molar-refractivity contribution is 0.0979. The second kappa shape index (κ2) is 6.28. The van der Waals surface area contributed by atoms with Crippen LogP contribution < -0.4 is 10.1 Å². The summed E-state index contributed by atoms with van der Waals surface area (Å²) in [7, 11) is 1.58. The molecule has 0 radical (unpaired) electrons. The molecule has 3 heteroatoms. The molecule has 0 saturated carbocycles. The van der Waals surface area contributed by atoms with Crippen LogP contribution in [0.1, 0.15) is 30.6 Å². The minimum Gasteiger partial charge on any atom is -0.496 e. The van der Waals surface area contributed by atoms with Gasteiger partial charge in [0.25, 0.3) is 0 Å². The third-order valence-corrected chi connectivity index (χ3v) is 2.31. The number of rotatable bonds is 6. The summed E-state index contributed by atoms with van der Waals surface area (Å²) in [6.07, 6.45) is 0.499. The van der Waals surface area contributed by atoms with Crippen molar-refractivity contribution in [3.05, 3.63) is 29.8 Å². The Balaban J connectivity index is 2.59. The van der Waals surface area contributed by atoms with Crippen LogP contribution in [0.3, 0.4) is 0 Å². The fourth-order valence-electron chi connectivity index (χ4n) is 1.48. The molecule has 88 valence electrons. The van der Waals surface area contributed by atoms with Crippen molar-refractivity contribution in [2.24, 2.45) is 0 Å². The van der Waals surface area contributed by atoms with Gasteiger partial charge in [-0.3, -0.25) is 4.79 Å². The van der Waals surface area contributed by atoms with Gasteiger partial charge in [-0.25, -0.2) is 0 Å². The third-order valence-electron chi connectivity index (χ3n) is 2.31. The number of para-hydroxylation sites is 1. The molecule has 0 bridgehead atoms. The average Bonchev–Trinajstić information content (AvgIpc) is 2.28. The molecule has 3 nitrogen and oxygen atoms in total. The maximum absolute atomic E-state index is 11.9. The number of ether oxygens (including phenoxy) is 1. The number of carbonyl (C=O) groups excluding carboxylic acids is 1. The summed E-state index contributed by atoms with van der Waals surface area (Å²) in [5.74, 6) is 0.766. The van der Waals surface area contributed by atoms with Gasteiger partial charge in [-0.15, -0.1) is 0 Å². The van der Waals surface area contributed by atoms with E-state index in [1.807, 2.05) is 18.2 Å². The maximum atomic E-state index is 11.9. The molecule has 0 spiro atoms. The first kappa shape index (κ1) is 12.7. The van der Waals surface area contributed by atoms with Gasteiger partial charge in [0.2, 0.25) is 0 Å². The van der Waals surface area contributed by atoms with Crippen molar-refractivity contribution in [3.8, 4) is 5.75 Å². The van der Waals surface area contributed by atoms with Crippen molar-refractivity contribution in [2.45, 2.75) is 26.3 Å². The average molecular weight is 221 g/mol. The van der Waals surface area contributed by atoms with Gasteiger partial charge >= 0.3 is 0 Å². The van der Waals surface area contributed by atoms with Crippen LogP contribution in [0.15, 0.2) is 24.3 Å². The molecule has 0 atom stereocenters. The van der Waals surface area contributed by atoms with Crippen molar-refractivity contribution in [3.63, 3.8) is 0 Å². The molecule has 1 rings (SSSR count). The fourth-order valence-corrected chi connectivity index (χ4v) is 1.48. The lowest BCUT2D eigenvalue weighted by Gasteiger charge is -2.09. The van der Waals surface area contributed by atoms with Crippen LogP contribution in [0, 0.1) is 0 Å². The summed E-state index contributed by atoms with van der Waals surface area (Å²) in [6.45, 7) is 4.83. The Morgan fingerprint density at radius 3 is 2.69 bits per heavy atom. The Morgan fingerprint density at radius 2 is 2.06 bits per heavy atom. The number of methoxy groups -OCH3 is 1. The zero-order valence-corrected chi connectivity index (χ0v) is 10.1. The van der Waals surface area contributed by atoms with Gasteiger partial charge in [0.1, 0.15) is 5.75 Å². The lowest BCUT2D eigenvalue weighted by atomic mass is 10.1. The number of benzene rings is 1. The van der Waals surface area contributed by atoms with Gasteiger partial charge in [-0.05, 0) is 12.1 Å². The van der Waals surface area contributed by atoms with Crippen LogP contribution in [-0.2, 0) is 0 Å². The first-order chi connectivity index (χ1) is 7.65. The van der Waals surface area contributed by atoms with E-state index in [9.17, 15) is 4.79 Å². The van der Waals surface area contributed by atoms with Crippen LogP contribution in [0.2, 0.25) is 0 Å². The van der Waals surface area contributed by atoms with E-state index < -0.39 is 0 Å². The van der Waals surface area contributed by atoms with Crippen molar-refractivity contribution in [1.29, 1.82) is 0 Å². The second-order valence-corrected chi connectivity index (χ2v) is 3.98. The number of carbonyl (C=O) groups is 1. The second-order valence-electron chi connectivity index (χ2n) is 3.98. The molecule has 16 heavy (non-hydrogen) atoms. The summed E-state index contributed by atoms with van der Waals surface area (Å²) < 4.78 is 5.15. The van der Waals surface area contributed by atoms with E-state index in [0.29, 0.717) is 30.3 Å². The predicted molar refractivity (Wildman–Crippen MR) is 65.1 cm³/mol. The standard InChI is InChI=1S/C13H19NO2/c1-10(2)14-9-8-12(15)11-6-4-5-7-13(11)16-3/h4-7,10,14H,8-9H2,1-3H3. The van der Waals surface area contributed by atoms with Gasteiger partial charge in [-0.1, -0.05) is 26.0 Å². The van der Waals surface area contributed by atoms with E-state index >= 15 is 0 Å². The van der Waals surface area contributed by atoms with Crippen LogP contribution in [-0.4, -0.2) is 25.5 Å². The van der Waals surface area contributed by atoms with Crippen LogP contribution >= 0.6 is 0 Å². The van der Waals surface area contributed by atoms with Crippen LogP contribution in [0.5, 0.6) is 5.75 Å². The normalized spacial score (nSPS) is 10.5. The minimum absolute atomic E-state index is 0.116. The topological polar surface area (TPSA) is 38.3 Å². The van der Waals surface area contributed by atoms with Crippen LogP contribution in [0.4, 0.5) is 0 Å². The molecule has 1 aromatic carbocycles. The van der Waals surface area contributed by atoms with Gasteiger partial charge in [-0.2, -0.15) is 0 Å². The molecule has 0 aromatic heterocycles. The smallest absolute Gasteiger partial charge is 0.167 e. The molecule has 1 aromatic rings. The minimum atomic E-state index is 0.116. The number of nitrogens with one attached hydrogen (secondary N) is 1. The maximum Gasteiger partial charge on any atom is 0.167 e. The lowest BCUT2D eigenvalue weighted by Crippen LogP contribution is -2.25. The molecule has 0 aliphatic heterocycles. The summed E-state index contributed by atoms with van der Waals surface area (Å²) in [6, 6.07) is 7.73. The van der Waals surface area contributed by atoms with E-state index in [0.717, 1.165) is 0 Å².